The molecule has 0 rings (SSSR count). The van der Waals surface area contributed by atoms with E-state index in [0.29, 0.717) is 19.3 Å². The average molecular weight is 927 g/mol. The summed E-state index contributed by atoms with van der Waals surface area (Å²) in [5, 5.41) is 0. The van der Waals surface area contributed by atoms with Crippen LogP contribution in [-0.2, 0) is 28.6 Å². The summed E-state index contributed by atoms with van der Waals surface area (Å²) < 4.78 is 16.7. The Morgan fingerprint density at radius 1 is 0.313 bits per heavy atom. The fraction of sp³-hybridized carbons (Fsp3) is 0.623. The minimum atomic E-state index is -0.844. The van der Waals surface area contributed by atoms with E-state index in [-0.39, 0.29) is 44.0 Å². The van der Waals surface area contributed by atoms with Gasteiger partial charge in [0.25, 0.3) is 0 Å². The molecule has 0 radical (unpaired) electrons. The van der Waals surface area contributed by atoms with E-state index in [9.17, 15) is 14.4 Å². The van der Waals surface area contributed by atoms with Crippen LogP contribution >= 0.6 is 0 Å². The fourth-order valence-corrected chi connectivity index (χ4v) is 6.89. The van der Waals surface area contributed by atoms with Crippen molar-refractivity contribution < 1.29 is 28.6 Å². The Morgan fingerprint density at radius 2 is 0.627 bits per heavy atom. The van der Waals surface area contributed by atoms with Crippen molar-refractivity contribution >= 4 is 17.9 Å². The van der Waals surface area contributed by atoms with Crippen molar-refractivity contribution in [2.24, 2.45) is 0 Å². The summed E-state index contributed by atoms with van der Waals surface area (Å²) >= 11 is 0. The summed E-state index contributed by atoms with van der Waals surface area (Å²) in [6, 6.07) is 0. The highest BCUT2D eigenvalue weighted by atomic mass is 16.6. The summed E-state index contributed by atoms with van der Waals surface area (Å²) in [5.41, 5.74) is 0. The zero-order chi connectivity index (χ0) is 48.6. The molecule has 67 heavy (non-hydrogen) atoms. The maximum atomic E-state index is 12.8. The van der Waals surface area contributed by atoms with Crippen molar-refractivity contribution in [1.29, 1.82) is 0 Å². The molecule has 6 heteroatoms. The number of hydrogen-bond donors (Lipinski definition) is 0. The quantitative estimate of drug-likeness (QED) is 0.0262. The Hall–Kier alpha value is -4.19. The first kappa shape index (κ1) is 62.8. The van der Waals surface area contributed by atoms with Gasteiger partial charge in [-0.2, -0.15) is 0 Å². The lowest BCUT2D eigenvalue weighted by atomic mass is 10.1. The molecule has 0 aliphatic heterocycles. The van der Waals surface area contributed by atoms with Crippen LogP contribution in [0.25, 0.3) is 0 Å². The van der Waals surface area contributed by atoms with Gasteiger partial charge in [0.15, 0.2) is 6.10 Å². The molecule has 0 aliphatic rings. The Bertz CT molecular complexity index is 1440. The van der Waals surface area contributed by atoms with Gasteiger partial charge in [0.2, 0.25) is 0 Å². The molecule has 0 aromatic carbocycles. The second kappa shape index (κ2) is 54.4. The van der Waals surface area contributed by atoms with Crippen LogP contribution in [-0.4, -0.2) is 37.2 Å². The normalized spacial score (nSPS) is 13.1. The third-order valence-electron chi connectivity index (χ3n) is 10.9. The first-order chi connectivity index (χ1) is 33.0. The molecule has 1 atom stereocenters. The summed E-state index contributed by atoms with van der Waals surface area (Å²) in [4.78, 5) is 38.0. The minimum Gasteiger partial charge on any atom is -0.462 e. The molecule has 0 amide bonds. The Labute approximate surface area is 412 Å². The van der Waals surface area contributed by atoms with Crippen molar-refractivity contribution in [2.45, 2.75) is 232 Å². The van der Waals surface area contributed by atoms with Gasteiger partial charge in [-0.05, 0) is 116 Å². The fourth-order valence-electron chi connectivity index (χ4n) is 6.89. The first-order valence-corrected chi connectivity index (χ1v) is 27.0. The lowest BCUT2D eigenvalue weighted by Gasteiger charge is -2.18. The number of carbonyl (C=O) groups excluding carboxylic acids is 3. The van der Waals surface area contributed by atoms with E-state index < -0.39 is 6.10 Å². The van der Waals surface area contributed by atoms with Gasteiger partial charge in [-0.15, -0.1) is 0 Å². The Morgan fingerprint density at radius 3 is 1.06 bits per heavy atom. The number of allylic oxidation sites excluding steroid dienone is 20. The van der Waals surface area contributed by atoms with Crippen LogP contribution in [0.1, 0.15) is 226 Å². The second-order valence-corrected chi connectivity index (χ2v) is 17.4. The molecule has 0 spiro atoms. The molecule has 0 aliphatic carbocycles. The van der Waals surface area contributed by atoms with Crippen molar-refractivity contribution in [2.75, 3.05) is 13.2 Å². The Kier molecular flexibility index (Phi) is 51.0. The number of esters is 3. The number of ether oxygens (including phenoxy) is 3. The van der Waals surface area contributed by atoms with Crippen LogP contribution in [0.5, 0.6) is 0 Å². The molecule has 0 N–H and O–H groups in total. The highest BCUT2D eigenvalue weighted by Gasteiger charge is 2.19. The van der Waals surface area contributed by atoms with E-state index >= 15 is 0 Å². The molecular formula is C61H98O6. The number of hydrogen-bond acceptors (Lipinski definition) is 6. The molecule has 0 saturated heterocycles. The van der Waals surface area contributed by atoms with E-state index in [1.54, 1.807) is 0 Å². The lowest BCUT2D eigenvalue weighted by molar-refractivity contribution is -0.166. The SMILES string of the molecule is CC/C=C\C/C=C\C/C=C\C/C=C\C/C=C\C/C=C\CCC(=O)OCC(COC(=O)CCCCC/C=C\CCCCCCCC)OC(=O)CCC/C=C\C/C=C\C/C=C\CCCCCCCC. The summed E-state index contributed by atoms with van der Waals surface area (Å²) in [6.07, 6.45) is 74.9. The monoisotopic (exact) mass is 927 g/mol. The largest absolute Gasteiger partial charge is 0.462 e. The smallest absolute Gasteiger partial charge is 0.306 e. The van der Waals surface area contributed by atoms with Crippen LogP contribution < -0.4 is 0 Å². The van der Waals surface area contributed by atoms with Gasteiger partial charge in [-0.25, -0.2) is 0 Å². The molecule has 0 aromatic heterocycles. The van der Waals surface area contributed by atoms with Crippen LogP contribution in [0.3, 0.4) is 0 Å². The Balaban J connectivity index is 4.61. The van der Waals surface area contributed by atoms with Crippen LogP contribution in [0.15, 0.2) is 122 Å². The van der Waals surface area contributed by atoms with Gasteiger partial charge >= 0.3 is 17.9 Å². The van der Waals surface area contributed by atoms with Crippen molar-refractivity contribution in [1.82, 2.24) is 0 Å². The van der Waals surface area contributed by atoms with Gasteiger partial charge in [0.05, 0.1) is 0 Å². The van der Waals surface area contributed by atoms with E-state index in [0.717, 1.165) is 89.9 Å². The zero-order valence-electron chi connectivity index (χ0n) is 43.1. The van der Waals surface area contributed by atoms with Crippen LogP contribution in [0.2, 0.25) is 0 Å². The molecule has 0 saturated carbocycles. The summed E-state index contributed by atoms with van der Waals surface area (Å²) in [5.74, 6) is -1.09. The molecule has 1 unspecified atom stereocenters. The predicted molar refractivity (Wildman–Crippen MR) is 288 cm³/mol. The van der Waals surface area contributed by atoms with E-state index in [1.165, 1.54) is 83.5 Å². The van der Waals surface area contributed by atoms with Gasteiger partial charge in [0.1, 0.15) is 13.2 Å². The van der Waals surface area contributed by atoms with Gasteiger partial charge in [-0.1, -0.05) is 213 Å². The van der Waals surface area contributed by atoms with Gasteiger partial charge in [0, 0.05) is 19.3 Å². The predicted octanol–water partition coefficient (Wildman–Crippen LogP) is 18.1. The van der Waals surface area contributed by atoms with Crippen molar-refractivity contribution in [3.63, 3.8) is 0 Å². The standard InChI is InChI=1S/C61H98O6/c1-4-7-10-13-16-19-22-25-27-29-30-32-33-36-39-42-45-48-51-54-60(63)66-57-58(56-65-59(62)53-50-47-44-41-38-35-24-21-18-15-12-9-6-3)67-61(64)55-52-49-46-43-40-37-34-31-28-26-23-20-17-14-11-8-5-2/h7,10,16,19,25-28,30,32,34-39,43,45-46,48,58H,4-6,8-9,11-15,17-18,20-24,29,31,33,40-42,44,47,49-57H2,1-3H3/b10-7-,19-16-,27-25-,28-26-,32-30-,37-34-,38-35-,39-36-,46-43-,48-45-. The number of rotatable bonds is 47. The zero-order valence-corrected chi connectivity index (χ0v) is 43.1. The van der Waals surface area contributed by atoms with Gasteiger partial charge < -0.3 is 14.2 Å². The molecule has 0 fully saturated rings. The topological polar surface area (TPSA) is 78.9 Å². The molecule has 378 valence electrons. The van der Waals surface area contributed by atoms with Crippen LogP contribution in [0, 0.1) is 0 Å². The maximum Gasteiger partial charge on any atom is 0.306 e. The third-order valence-corrected chi connectivity index (χ3v) is 10.9. The van der Waals surface area contributed by atoms with Crippen LogP contribution in [0.4, 0.5) is 0 Å². The summed E-state index contributed by atoms with van der Waals surface area (Å²) in [7, 11) is 0. The minimum absolute atomic E-state index is 0.132. The molecule has 0 heterocycles. The highest BCUT2D eigenvalue weighted by molar-refractivity contribution is 5.71. The molecular weight excluding hydrogens is 829 g/mol. The maximum absolute atomic E-state index is 12.8. The average Bonchev–Trinajstić information content (AvgIpc) is 3.33. The second-order valence-electron chi connectivity index (χ2n) is 17.4. The van der Waals surface area contributed by atoms with Gasteiger partial charge in [-0.3, -0.25) is 14.4 Å². The van der Waals surface area contributed by atoms with Crippen molar-refractivity contribution in [3.05, 3.63) is 122 Å². The van der Waals surface area contributed by atoms with Crippen molar-refractivity contribution in [3.8, 4) is 0 Å². The van der Waals surface area contributed by atoms with E-state index in [4.69, 9.17) is 14.2 Å². The highest BCUT2D eigenvalue weighted by Crippen LogP contribution is 2.11. The first-order valence-electron chi connectivity index (χ1n) is 27.0. The van der Waals surface area contributed by atoms with E-state index in [1.807, 2.05) is 12.2 Å². The molecule has 6 nitrogen and oxygen atoms in total. The number of unbranched alkanes of at least 4 members (excludes halogenated alkanes) is 16. The molecule has 0 aromatic rings. The summed E-state index contributed by atoms with van der Waals surface area (Å²) in [6.45, 7) is 6.37. The lowest BCUT2D eigenvalue weighted by Crippen LogP contribution is -2.30. The van der Waals surface area contributed by atoms with E-state index in [2.05, 4.69) is 130 Å². The number of carbonyl (C=O) groups is 3. The third kappa shape index (κ3) is 52.6. The molecule has 0 bridgehead atoms.